The van der Waals surface area contributed by atoms with Gasteiger partial charge in [-0.05, 0) is 0 Å². The van der Waals surface area contributed by atoms with E-state index in [9.17, 15) is 0 Å². The van der Waals surface area contributed by atoms with Crippen LogP contribution in [-0.2, 0) is 0 Å². The summed E-state index contributed by atoms with van der Waals surface area (Å²) < 4.78 is 1.42. The van der Waals surface area contributed by atoms with Gasteiger partial charge in [0.25, 0.3) is 0 Å². The molecule has 1 aliphatic rings. The molecule has 0 aromatic rings. The van der Waals surface area contributed by atoms with Gasteiger partial charge in [0.05, 0.1) is 0 Å². The van der Waals surface area contributed by atoms with Crippen molar-refractivity contribution in [1.29, 1.82) is 0 Å². The molecule has 1 saturated heterocycles. The summed E-state index contributed by atoms with van der Waals surface area (Å²) in [5.74, 6) is 0. The number of rotatable bonds is 0. The van der Waals surface area contributed by atoms with Gasteiger partial charge in [0.2, 0.25) is 0 Å². The van der Waals surface area contributed by atoms with Crippen LogP contribution in [0.5, 0.6) is 0 Å². The number of nitrogens with zero attached hydrogens (tertiary/aromatic N) is 1. The summed E-state index contributed by atoms with van der Waals surface area (Å²) in [6.45, 7) is 1.24. The molecular weight excluding hydrogens is 153 g/mol. The van der Waals surface area contributed by atoms with Crippen molar-refractivity contribution in [2.45, 2.75) is 12.8 Å². The molecule has 2 heteroatoms. The summed E-state index contributed by atoms with van der Waals surface area (Å²) in [7, 11) is 2.12. The molecule has 0 radical (unpaired) electrons. The van der Waals surface area contributed by atoms with Crippen LogP contribution in [0.2, 0.25) is 0 Å². The van der Waals surface area contributed by atoms with Gasteiger partial charge in [-0.2, -0.15) is 0 Å². The zero-order chi connectivity index (χ0) is 5.28. The van der Waals surface area contributed by atoms with E-state index in [0.717, 1.165) is 0 Å². The van der Waals surface area contributed by atoms with Gasteiger partial charge < -0.3 is 0 Å². The standard InChI is InChI=1S/C5H9NSe/c1-6-4-2-3-5(6)7/h2-4H2,1H3. The molecule has 1 fully saturated rings. The number of hydrogen-bond donors (Lipinski definition) is 0. The molecule has 0 aromatic heterocycles. The van der Waals surface area contributed by atoms with Gasteiger partial charge in [-0.1, -0.05) is 0 Å². The van der Waals surface area contributed by atoms with Gasteiger partial charge in [0, 0.05) is 0 Å². The Hall–Kier alpha value is 0.189. The molecule has 7 heavy (non-hydrogen) atoms. The SMILES string of the molecule is CN1CCCC1=[Se]. The van der Waals surface area contributed by atoms with Gasteiger partial charge in [0.15, 0.2) is 0 Å². The minimum atomic E-state index is 1.24. The van der Waals surface area contributed by atoms with E-state index >= 15 is 0 Å². The Labute approximate surface area is 52.1 Å². The first-order valence-electron chi connectivity index (χ1n) is 2.54. The normalized spacial score (nSPS) is 21.3. The van der Waals surface area contributed by atoms with Crippen LogP contribution in [0, 0.1) is 0 Å². The molecule has 0 amide bonds. The molecule has 1 aliphatic heterocycles. The Morgan fingerprint density at radius 1 is 1.71 bits per heavy atom. The third-order valence-corrected chi connectivity index (χ3v) is 2.39. The minimum absolute atomic E-state index is 1.24. The molecule has 0 N–H and O–H groups in total. The first-order chi connectivity index (χ1) is 3.30. The van der Waals surface area contributed by atoms with Crippen LogP contribution in [0.15, 0.2) is 0 Å². The van der Waals surface area contributed by atoms with E-state index in [2.05, 4.69) is 27.5 Å². The molecule has 0 unspecified atom stereocenters. The molecular formula is C5H9NSe. The van der Waals surface area contributed by atoms with E-state index in [0.29, 0.717) is 0 Å². The maximum atomic E-state index is 3.03. The van der Waals surface area contributed by atoms with Crippen molar-refractivity contribution < 1.29 is 0 Å². The van der Waals surface area contributed by atoms with Crippen molar-refractivity contribution in [2.75, 3.05) is 13.6 Å². The fourth-order valence-corrected chi connectivity index (χ4v) is 1.28. The van der Waals surface area contributed by atoms with Gasteiger partial charge in [0.1, 0.15) is 0 Å². The summed E-state index contributed by atoms with van der Waals surface area (Å²) in [5.41, 5.74) is 0. The third-order valence-electron chi connectivity index (χ3n) is 1.31. The summed E-state index contributed by atoms with van der Waals surface area (Å²) in [6.07, 6.45) is 2.59. The average Bonchev–Trinajstić information content (AvgIpc) is 1.91. The Bertz CT molecular complexity index is 90.1. The van der Waals surface area contributed by atoms with E-state index in [1.54, 1.807) is 0 Å². The van der Waals surface area contributed by atoms with Crippen molar-refractivity contribution in [1.82, 2.24) is 4.90 Å². The Morgan fingerprint density at radius 3 is 2.57 bits per heavy atom. The van der Waals surface area contributed by atoms with E-state index < -0.39 is 0 Å². The van der Waals surface area contributed by atoms with E-state index in [1.807, 2.05) is 0 Å². The van der Waals surface area contributed by atoms with Gasteiger partial charge >= 0.3 is 51.5 Å². The molecule has 0 spiro atoms. The third kappa shape index (κ3) is 1.05. The van der Waals surface area contributed by atoms with Crippen LogP contribution in [0.25, 0.3) is 0 Å². The molecule has 1 rings (SSSR count). The monoisotopic (exact) mass is 163 g/mol. The van der Waals surface area contributed by atoms with Crippen molar-refractivity contribution in [3.63, 3.8) is 0 Å². The Balaban J connectivity index is 2.48. The zero-order valence-electron chi connectivity index (χ0n) is 4.48. The first-order valence-corrected chi connectivity index (χ1v) is 3.40. The van der Waals surface area contributed by atoms with Crippen LogP contribution in [-0.4, -0.2) is 38.6 Å². The van der Waals surface area contributed by atoms with Gasteiger partial charge in [-0.3, -0.25) is 0 Å². The predicted molar refractivity (Wildman–Crippen MR) is 32.6 cm³/mol. The molecule has 0 saturated carbocycles. The van der Waals surface area contributed by atoms with Crippen molar-refractivity contribution in [3.8, 4) is 0 Å². The topological polar surface area (TPSA) is 3.24 Å². The molecule has 1 heterocycles. The van der Waals surface area contributed by atoms with E-state index in [1.165, 1.54) is 23.9 Å². The second-order valence-corrected chi connectivity index (χ2v) is 2.91. The Kier molecular flexibility index (Phi) is 1.50. The molecule has 40 valence electrons. The van der Waals surface area contributed by atoms with E-state index in [-0.39, 0.29) is 0 Å². The summed E-state index contributed by atoms with van der Waals surface area (Å²) >= 11 is 3.03. The fourth-order valence-electron chi connectivity index (χ4n) is 0.783. The van der Waals surface area contributed by atoms with Crippen LogP contribution < -0.4 is 0 Å². The summed E-state index contributed by atoms with van der Waals surface area (Å²) in [4.78, 5) is 2.26. The van der Waals surface area contributed by atoms with Crippen molar-refractivity contribution >= 4 is 20.1 Å². The molecule has 0 aliphatic carbocycles. The van der Waals surface area contributed by atoms with E-state index in [4.69, 9.17) is 0 Å². The first kappa shape index (κ1) is 5.33. The molecule has 1 nitrogen and oxygen atoms in total. The van der Waals surface area contributed by atoms with Crippen LogP contribution in [0.3, 0.4) is 0 Å². The summed E-state index contributed by atoms with van der Waals surface area (Å²) in [5, 5.41) is 0. The predicted octanol–water partition coefficient (Wildman–Crippen LogP) is 0.0104. The molecule has 0 atom stereocenters. The zero-order valence-corrected chi connectivity index (χ0v) is 6.19. The number of likely N-dealkylation sites (tertiary alicyclic amines) is 1. The maximum absolute atomic E-state index is 3.03. The summed E-state index contributed by atoms with van der Waals surface area (Å²) in [6, 6.07) is 0. The van der Waals surface area contributed by atoms with Crippen molar-refractivity contribution in [2.24, 2.45) is 0 Å². The fraction of sp³-hybridized carbons (Fsp3) is 0.800. The second-order valence-electron chi connectivity index (χ2n) is 1.92. The molecule has 0 aromatic carbocycles. The quantitative estimate of drug-likeness (QED) is 0.453. The van der Waals surface area contributed by atoms with Gasteiger partial charge in [-0.25, -0.2) is 0 Å². The van der Waals surface area contributed by atoms with Crippen LogP contribution in [0.4, 0.5) is 0 Å². The average molecular weight is 162 g/mol. The van der Waals surface area contributed by atoms with Gasteiger partial charge in [-0.15, -0.1) is 0 Å². The number of hydrogen-bond acceptors (Lipinski definition) is 1. The van der Waals surface area contributed by atoms with Crippen LogP contribution >= 0.6 is 0 Å². The second kappa shape index (κ2) is 1.97. The van der Waals surface area contributed by atoms with Crippen LogP contribution in [0.1, 0.15) is 12.8 Å². The Morgan fingerprint density at radius 2 is 2.43 bits per heavy atom. The molecule has 0 bridgehead atoms. The van der Waals surface area contributed by atoms with Crippen molar-refractivity contribution in [3.05, 3.63) is 0 Å².